The van der Waals surface area contributed by atoms with Crippen molar-refractivity contribution in [2.24, 2.45) is 0 Å². The predicted molar refractivity (Wildman–Crippen MR) is 97.2 cm³/mol. The number of piperazine rings is 1. The predicted octanol–water partition coefficient (Wildman–Crippen LogP) is 1.45. The van der Waals surface area contributed by atoms with Crippen molar-refractivity contribution in [1.29, 1.82) is 0 Å². The summed E-state index contributed by atoms with van der Waals surface area (Å²) in [7, 11) is -0.922. The Morgan fingerprint density at radius 1 is 1.04 bits per heavy atom. The molecule has 2 aromatic rings. The van der Waals surface area contributed by atoms with E-state index in [4.69, 9.17) is 9.47 Å². The lowest BCUT2D eigenvalue weighted by atomic mass is 10.3. The van der Waals surface area contributed by atoms with Gasteiger partial charge in [-0.25, -0.2) is 17.8 Å². The van der Waals surface area contributed by atoms with Crippen LogP contribution in [0.15, 0.2) is 29.2 Å². The normalized spacial score (nSPS) is 15.6. The zero-order chi connectivity index (χ0) is 19.6. The van der Waals surface area contributed by atoms with Crippen LogP contribution in [0.5, 0.6) is 11.6 Å². The molecule has 0 saturated carbocycles. The molecule has 2 heterocycles. The van der Waals surface area contributed by atoms with Crippen LogP contribution < -0.4 is 14.4 Å². The largest absolute Gasteiger partial charge is 0.494 e. The van der Waals surface area contributed by atoms with E-state index in [1.807, 2.05) is 4.90 Å². The van der Waals surface area contributed by atoms with E-state index >= 15 is 0 Å². The van der Waals surface area contributed by atoms with Crippen LogP contribution in [0.4, 0.5) is 10.2 Å². The number of ether oxygens (including phenoxy) is 2. The molecule has 0 N–H and O–H groups in total. The molecule has 0 radical (unpaired) electrons. The Bertz CT molecular complexity index is 931. The SMILES string of the molecule is COc1cc(N2CCN(S(=O)(=O)c3ccc(OC)c(F)c3)CC2)nc(C)n1. The van der Waals surface area contributed by atoms with Crippen molar-refractivity contribution < 1.29 is 22.3 Å². The summed E-state index contributed by atoms with van der Waals surface area (Å²) in [5.41, 5.74) is 0. The van der Waals surface area contributed by atoms with Crippen molar-refractivity contribution in [3.8, 4) is 11.6 Å². The van der Waals surface area contributed by atoms with Gasteiger partial charge in [0.2, 0.25) is 15.9 Å². The van der Waals surface area contributed by atoms with Crippen LogP contribution in [0.2, 0.25) is 0 Å². The maximum absolute atomic E-state index is 13.9. The number of methoxy groups -OCH3 is 2. The Hall–Kier alpha value is -2.46. The van der Waals surface area contributed by atoms with Gasteiger partial charge in [-0.3, -0.25) is 0 Å². The lowest BCUT2D eigenvalue weighted by Crippen LogP contribution is -2.49. The van der Waals surface area contributed by atoms with Crippen LogP contribution in [-0.4, -0.2) is 63.1 Å². The highest BCUT2D eigenvalue weighted by Crippen LogP contribution is 2.25. The first-order valence-electron chi connectivity index (χ1n) is 8.33. The van der Waals surface area contributed by atoms with Crippen molar-refractivity contribution >= 4 is 15.8 Å². The van der Waals surface area contributed by atoms with Crippen LogP contribution in [0.25, 0.3) is 0 Å². The monoisotopic (exact) mass is 396 g/mol. The molecule has 1 fully saturated rings. The molecule has 8 nitrogen and oxygen atoms in total. The van der Waals surface area contributed by atoms with Gasteiger partial charge < -0.3 is 14.4 Å². The quantitative estimate of drug-likeness (QED) is 0.756. The molecule has 1 aromatic carbocycles. The molecular formula is C17H21FN4O4S. The smallest absolute Gasteiger partial charge is 0.243 e. The number of rotatable bonds is 5. The molecule has 1 aliphatic rings. The highest BCUT2D eigenvalue weighted by atomic mass is 32.2. The molecule has 0 bridgehead atoms. The maximum atomic E-state index is 13.9. The van der Waals surface area contributed by atoms with Gasteiger partial charge in [-0.1, -0.05) is 0 Å². The van der Waals surface area contributed by atoms with Crippen LogP contribution in [0.1, 0.15) is 5.82 Å². The van der Waals surface area contributed by atoms with Gasteiger partial charge in [0, 0.05) is 32.2 Å². The topological polar surface area (TPSA) is 84.9 Å². The van der Waals surface area contributed by atoms with Crippen molar-refractivity contribution in [3.05, 3.63) is 35.9 Å². The number of sulfonamides is 1. The van der Waals surface area contributed by atoms with E-state index in [-0.39, 0.29) is 23.7 Å². The van der Waals surface area contributed by atoms with Crippen LogP contribution >= 0.6 is 0 Å². The maximum Gasteiger partial charge on any atom is 0.243 e. The summed E-state index contributed by atoms with van der Waals surface area (Å²) in [6.45, 7) is 3.21. The summed E-state index contributed by atoms with van der Waals surface area (Å²) in [6.07, 6.45) is 0. The number of hydrogen-bond acceptors (Lipinski definition) is 7. The van der Waals surface area contributed by atoms with E-state index in [1.165, 1.54) is 30.7 Å². The fourth-order valence-corrected chi connectivity index (χ4v) is 4.34. The molecule has 0 unspecified atom stereocenters. The Kier molecular flexibility index (Phi) is 5.47. The number of hydrogen-bond donors (Lipinski definition) is 0. The first-order chi connectivity index (χ1) is 12.8. The molecule has 1 aromatic heterocycles. The number of aromatic nitrogens is 2. The fourth-order valence-electron chi connectivity index (χ4n) is 2.91. The Labute approximate surface area is 157 Å². The molecule has 10 heteroatoms. The minimum Gasteiger partial charge on any atom is -0.494 e. The van der Waals surface area contributed by atoms with Gasteiger partial charge in [0.1, 0.15) is 11.6 Å². The summed E-state index contributed by atoms with van der Waals surface area (Å²) < 4.78 is 50.8. The molecule has 27 heavy (non-hydrogen) atoms. The summed E-state index contributed by atoms with van der Waals surface area (Å²) in [5, 5.41) is 0. The standard InChI is InChI=1S/C17H21FN4O4S/c1-12-19-16(11-17(20-12)26-3)21-6-8-22(9-7-21)27(23,24)13-4-5-15(25-2)14(18)10-13/h4-5,10-11H,6-9H2,1-3H3. The molecule has 0 amide bonds. The molecular weight excluding hydrogens is 375 g/mol. The lowest BCUT2D eigenvalue weighted by molar-refractivity contribution is 0.377. The Morgan fingerprint density at radius 3 is 2.33 bits per heavy atom. The average molecular weight is 396 g/mol. The van der Waals surface area contributed by atoms with Gasteiger partial charge in [0.15, 0.2) is 11.6 Å². The minimum absolute atomic E-state index is 0.00634. The third kappa shape index (κ3) is 3.96. The van der Waals surface area contributed by atoms with E-state index in [0.717, 1.165) is 6.07 Å². The van der Waals surface area contributed by atoms with Crippen molar-refractivity contribution in [2.45, 2.75) is 11.8 Å². The van der Waals surface area contributed by atoms with Gasteiger partial charge in [0.25, 0.3) is 0 Å². The van der Waals surface area contributed by atoms with E-state index in [1.54, 1.807) is 13.0 Å². The number of anilines is 1. The second kappa shape index (κ2) is 7.65. The van der Waals surface area contributed by atoms with Crippen molar-refractivity contribution in [3.63, 3.8) is 0 Å². The Morgan fingerprint density at radius 2 is 1.74 bits per heavy atom. The van der Waals surface area contributed by atoms with Crippen molar-refractivity contribution in [2.75, 3.05) is 45.3 Å². The Balaban J connectivity index is 1.75. The highest BCUT2D eigenvalue weighted by molar-refractivity contribution is 7.89. The second-order valence-electron chi connectivity index (χ2n) is 6.00. The number of nitrogens with zero attached hydrogens (tertiary/aromatic N) is 4. The molecule has 146 valence electrons. The molecule has 1 aliphatic heterocycles. The highest BCUT2D eigenvalue weighted by Gasteiger charge is 2.30. The lowest BCUT2D eigenvalue weighted by Gasteiger charge is -2.34. The first-order valence-corrected chi connectivity index (χ1v) is 9.77. The summed E-state index contributed by atoms with van der Waals surface area (Å²) in [5.74, 6) is 1.02. The molecule has 0 atom stereocenters. The molecule has 0 spiro atoms. The second-order valence-corrected chi connectivity index (χ2v) is 7.94. The molecule has 3 rings (SSSR count). The third-order valence-electron chi connectivity index (χ3n) is 4.33. The van der Waals surface area contributed by atoms with Crippen molar-refractivity contribution in [1.82, 2.24) is 14.3 Å². The van der Waals surface area contributed by atoms with E-state index in [2.05, 4.69) is 9.97 Å². The summed E-state index contributed by atoms with van der Waals surface area (Å²) in [6, 6.07) is 5.37. The van der Waals surface area contributed by atoms with E-state index < -0.39 is 15.8 Å². The summed E-state index contributed by atoms with van der Waals surface area (Å²) in [4.78, 5) is 10.4. The fraction of sp³-hybridized carbons (Fsp3) is 0.412. The van der Waals surface area contributed by atoms with E-state index in [0.29, 0.717) is 30.6 Å². The van der Waals surface area contributed by atoms with Gasteiger partial charge in [0.05, 0.1) is 19.1 Å². The third-order valence-corrected chi connectivity index (χ3v) is 6.23. The molecule has 1 saturated heterocycles. The van der Waals surface area contributed by atoms with Gasteiger partial charge >= 0.3 is 0 Å². The zero-order valence-electron chi connectivity index (χ0n) is 15.3. The number of aryl methyl sites for hydroxylation is 1. The number of halogens is 1. The van der Waals surface area contributed by atoms with Crippen LogP contribution in [0.3, 0.4) is 0 Å². The summed E-state index contributed by atoms with van der Waals surface area (Å²) >= 11 is 0. The average Bonchev–Trinajstić information content (AvgIpc) is 2.67. The van der Waals surface area contributed by atoms with Gasteiger partial charge in [-0.15, -0.1) is 0 Å². The van der Waals surface area contributed by atoms with Gasteiger partial charge in [-0.2, -0.15) is 9.29 Å². The first kappa shape index (κ1) is 19.3. The zero-order valence-corrected chi connectivity index (χ0v) is 16.2. The minimum atomic E-state index is -3.78. The van der Waals surface area contributed by atoms with Crippen LogP contribution in [-0.2, 0) is 10.0 Å². The van der Waals surface area contributed by atoms with E-state index in [9.17, 15) is 12.8 Å². The van der Waals surface area contributed by atoms with Gasteiger partial charge in [-0.05, 0) is 25.1 Å². The molecule has 0 aliphatic carbocycles. The number of benzene rings is 1. The van der Waals surface area contributed by atoms with Crippen LogP contribution in [0, 0.1) is 12.7 Å².